The van der Waals surface area contributed by atoms with Crippen molar-refractivity contribution in [2.45, 2.75) is 0 Å². The fourth-order valence-corrected chi connectivity index (χ4v) is 0. The van der Waals surface area contributed by atoms with Gasteiger partial charge in [0.2, 0.25) is 0 Å². The van der Waals surface area contributed by atoms with Gasteiger partial charge in [-0.3, -0.25) is 0 Å². The van der Waals surface area contributed by atoms with Gasteiger partial charge in [-0.2, -0.15) is 0 Å². The summed E-state index contributed by atoms with van der Waals surface area (Å²) in [5.41, 5.74) is 0. The van der Waals surface area contributed by atoms with Gasteiger partial charge < -0.3 is 38.3 Å². The maximum atomic E-state index is 5.01. The van der Waals surface area contributed by atoms with Crippen molar-refractivity contribution in [3.8, 4) is 0 Å². The third-order valence-corrected chi connectivity index (χ3v) is 0. The molecule has 0 aliphatic carbocycles. The van der Waals surface area contributed by atoms with Crippen LogP contribution in [0.25, 0.3) is 0 Å². The van der Waals surface area contributed by atoms with E-state index < -0.39 is 29.6 Å². The molecule has 0 heterocycles. The second-order valence-electron chi connectivity index (χ2n) is 0.192. The molecule has 82 valence electrons. The average molecular weight is 377 g/mol. The molecule has 0 aromatic rings. The summed E-state index contributed by atoms with van der Waals surface area (Å²) < 4.78 is 0. The predicted molar refractivity (Wildman–Crippen MR) is 42.9 cm³/mol. The second kappa shape index (κ2) is 58.7. The summed E-state index contributed by atoms with van der Waals surface area (Å²) in [6, 6.07) is 0. The Morgan fingerprint density at radius 2 is 0.455 bits per heavy atom. The Kier molecular flexibility index (Phi) is 404. The first-order chi connectivity index (χ1) is 1.73. The molecule has 0 atom stereocenters. The monoisotopic (exact) mass is 376 g/mol. The zero-order valence-corrected chi connectivity index (χ0v) is 10.2. The molecule has 0 fully saturated rings. The van der Waals surface area contributed by atoms with E-state index in [1.54, 1.807) is 0 Å². The number of hydrogen-bond acceptors (Lipinski definition) is 0. The van der Waals surface area contributed by atoms with Crippen LogP contribution in [0, 0.1) is 29.6 Å². The molecule has 0 radical (unpaired) electrons. The first-order valence-corrected chi connectivity index (χ1v) is 11.3. The Hall–Kier alpha value is 1.93. The number of hydrogen-bond donors (Lipinski definition) is 0. The summed E-state index contributed by atoms with van der Waals surface area (Å²) in [5.74, 6) is 15.0. The Bertz CT molecular complexity index is 18.4. The quantitative estimate of drug-likeness (QED) is 0.397. The SMILES string of the molecule is O.O.O.O.O.O.O.[Cl][Pm]([Cl])[Cl]. The van der Waals surface area contributed by atoms with Crippen LogP contribution in [0.4, 0.5) is 0 Å². The third kappa shape index (κ3) is 316. The van der Waals surface area contributed by atoms with Gasteiger partial charge in [-0.1, -0.05) is 0 Å². The van der Waals surface area contributed by atoms with E-state index in [0.29, 0.717) is 0 Å². The van der Waals surface area contributed by atoms with Crippen LogP contribution >= 0.6 is 17.7 Å². The van der Waals surface area contributed by atoms with Gasteiger partial charge in [0.15, 0.2) is 0 Å². The van der Waals surface area contributed by atoms with E-state index in [1.165, 1.54) is 0 Å². The van der Waals surface area contributed by atoms with Crippen LogP contribution in [-0.2, 0) is 0 Å². The van der Waals surface area contributed by atoms with Gasteiger partial charge in [-0.05, 0) is 0 Å². The molecule has 0 saturated carbocycles. The zero-order valence-electron chi connectivity index (χ0n) is 5.08. The average Bonchev–Trinajstić information content (AvgIpc) is 0.811. The van der Waals surface area contributed by atoms with E-state index in [2.05, 4.69) is 0 Å². The van der Waals surface area contributed by atoms with E-state index in [0.717, 1.165) is 0 Å². The van der Waals surface area contributed by atoms with Gasteiger partial charge in [-0.25, -0.2) is 0 Å². The summed E-state index contributed by atoms with van der Waals surface area (Å²) in [4.78, 5) is 0. The van der Waals surface area contributed by atoms with Gasteiger partial charge in [0.25, 0.3) is 0 Å². The molecule has 0 rings (SSSR count). The topological polar surface area (TPSA) is 220 Å². The van der Waals surface area contributed by atoms with E-state index in [4.69, 9.17) is 17.7 Å². The molecule has 0 aliphatic rings. The normalized spacial score (nSPS) is 3.27. The van der Waals surface area contributed by atoms with Crippen molar-refractivity contribution in [2.24, 2.45) is 0 Å². The van der Waals surface area contributed by atoms with Crippen molar-refractivity contribution >= 4 is 17.7 Å². The van der Waals surface area contributed by atoms with Gasteiger partial charge in [0, 0.05) is 0 Å². The van der Waals surface area contributed by atoms with Crippen LogP contribution in [-0.4, -0.2) is 38.3 Å². The van der Waals surface area contributed by atoms with Crippen molar-refractivity contribution in [3.05, 3.63) is 0 Å². The summed E-state index contributed by atoms with van der Waals surface area (Å²) in [5, 5.41) is 0. The van der Waals surface area contributed by atoms with Crippen LogP contribution in [0.3, 0.4) is 0 Å². The Morgan fingerprint density at radius 1 is 0.455 bits per heavy atom. The summed E-state index contributed by atoms with van der Waals surface area (Å²) in [7, 11) is 0. The minimum atomic E-state index is -2.18. The van der Waals surface area contributed by atoms with Crippen molar-refractivity contribution in [2.75, 3.05) is 0 Å². The molecule has 0 unspecified atom stereocenters. The van der Waals surface area contributed by atoms with E-state index in [9.17, 15) is 0 Å². The molecule has 0 aromatic carbocycles. The molecule has 7 nitrogen and oxygen atoms in total. The standard InChI is InChI=1S/3ClH.7H2O.Pm/h3*1H;7*1H2;/q;;;;;;;;;;+3/p-3. The minimum absolute atomic E-state index is 0. The fraction of sp³-hybridized carbons (Fsp3) is 0. The molecule has 11 heavy (non-hydrogen) atoms. The molecule has 11 heteroatoms. The molecule has 14 N–H and O–H groups in total. The van der Waals surface area contributed by atoms with Crippen molar-refractivity contribution in [1.29, 1.82) is 0 Å². The van der Waals surface area contributed by atoms with Gasteiger partial charge >= 0.3 is 47.2 Å². The molecular weight excluding hydrogens is 363 g/mol. The fourth-order valence-electron chi connectivity index (χ4n) is 0. The van der Waals surface area contributed by atoms with E-state index >= 15 is 0 Å². The van der Waals surface area contributed by atoms with E-state index in [-0.39, 0.29) is 38.3 Å². The molecule has 0 amide bonds. The van der Waals surface area contributed by atoms with E-state index in [1.807, 2.05) is 0 Å². The van der Waals surface area contributed by atoms with Gasteiger partial charge in [-0.15, -0.1) is 0 Å². The molecule has 0 saturated heterocycles. The van der Waals surface area contributed by atoms with Crippen LogP contribution in [0.1, 0.15) is 0 Å². The number of rotatable bonds is 0. The third-order valence-electron chi connectivity index (χ3n) is 0. The van der Waals surface area contributed by atoms with Crippen LogP contribution < -0.4 is 0 Å². The second-order valence-corrected chi connectivity index (χ2v) is 12.8. The predicted octanol–water partition coefficient (Wildman–Crippen LogP) is -3.70. The van der Waals surface area contributed by atoms with Crippen molar-refractivity contribution in [3.63, 3.8) is 0 Å². The summed E-state index contributed by atoms with van der Waals surface area (Å²) in [6.45, 7) is 0. The molecule has 0 bridgehead atoms. The maximum absolute atomic E-state index is 5.01. The summed E-state index contributed by atoms with van der Waals surface area (Å²) >= 11 is -2.18. The molecule has 0 aromatic heterocycles. The van der Waals surface area contributed by atoms with Crippen LogP contribution in [0.5, 0.6) is 0 Å². The van der Waals surface area contributed by atoms with Gasteiger partial charge in [0.1, 0.15) is 0 Å². The summed E-state index contributed by atoms with van der Waals surface area (Å²) in [6.07, 6.45) is 0. The molecule has 0 spiro atoms. The first-order valence-electron chi connectivity index (χ1n) is 0.507. The first kappa shape index (κ1) is 75.7. The zero-order chi connectivity index (χ0) is 3.58. The molecule has 0 aliphatic heterocycles. The van der Waals surface area contributed by atoms with Crippen LogP contribution in [0.15, 0.2) is 0 Å². The van der Waals surface area contributed by atoms with Crippen molar-refractivity contribution < 1.29 is 67.9 Å². The Balaban J connectivity index is -0.00000000214. The van der Waals surface area contributed by atoms with Crippen molar-refractivity contribution in [1.82, 2.24) is 0 Å². The van der Waals surface area contributed by atoms with Crippen LogP contribution in [0.2, 0.25) is 0 Å². The molecular formula is H14Cl3O7Pm. The Labute approximate surface area is 84.4 Å². The van der Waals surface area contributed by atoms with Gasteiger partial charge in [0.05, 0.1) is 0 Å². The number of halogens is 3. The Morgan fingerprint density at radius 3 is 0.455 bits per heavy atom.